The van der Waals surface area contributed by atoms with Gasteiger partial charge in [0.15, 0.2) is 11.6 Å². The lowest BCUT2D eigenvalue weighted by Gasteiger charge is -2.21. The molecule has 1 unspecified atom stereocenters. The predicted octanol–water partition coefficient (Wildman–Crippen LogP) is 2.55. The van der Waals surface area contributed by atoms with E-state index in [0.717, 1.165) is 12.4 Å². The molecular formula is C22H25FN8O4S. The van der Waals surface area contributed by atoms with E-state index in [9.17, 15) is 12.8 Å². The third kappa shape index (κ3) is 4.71. The number of aryl methyl sites for hydroxylation is 1. The summed E-state index contributed by atoms with van der Waals surface area (Å²) in [6, 6.07) is 6.86. The fourth-order valence-corrected chi connectivity index (χ4v) is 4.80. The van der Waals surface area contributed by atoms with Crippen LogP contribution < -0.4 is 14.2 Å². The second-order valence-electron chi connectivity index (χ2n) is 7.97. The normalized spacial score (nSPS) is 13.3. The van der Waals surface area contributed by atoms with Gasteiger partial charge < -0.3 is 9.47 Å². The fraction of sp³-hybridized carbons (Fsp3) is 0.318. The molecule has 0 fully saturated rings. The summed E-state index contributed by atoms with van der Waals surface area (Å²) in [5.74, 6) is -0.121. The first-order valence-electron chi connectivity index (χ1n) is 10.8. The molecule has 0 amide bonds. The number of methoxy groups -OCH3 is 2. The van der Waals surface area contributed by atoms with E-state index in [1.165, 1.54) is 25.7 Å². The van der Waals surface area contributed by atoms with E-state index in [1.54, 1.807) is 49.1 Å². The summed E-state index contributed by atoms with van der Waals surface area (Å²) >= 11 is 0. The molecule has 1 aromatic carbocycles. The maximum absolute atomic E-state index is 13.4. The molecule has 0 saturated heterocycles. The van der Waals surface area contributed by atoms with Gasteiger partial charge in [0.05, 0.1) is 31.9 Å². The van der Waals surface area contributed by atoms with Crippen LogP contribution in [0.1, 0.15) is 25.6 Å². The Morgan fingerprint density at radius 2 is 1.67 bits per heavy atom. The highest BCUT2D eigenvalue weighted by molar-refractivity contribution is 7.93. The van der Waals surface area contributed by atoms with E-state index in [2.05, 4.69) is 30.0 Å². The molecule has 36 heavy (non-hydrogen) atoms. The predicted molar refractivity (Wildman–Crippen MR) is 129 cm³/mol. The number of hydrogen-bond acceptors (Lipinski definition) is 9. The van der Waals surface area contributed by atoms with Crippen molar-refractivity contribution in [2.75, 3.05) is 18.9 Å². The van der Waals surface area contributed by atoms with E-state index in [-0.39, 0.29) is 17.6 Å². The molecule has 12 nitrogen and oxygen atoms in total. The summed E-state index contributed by atoms with van der Waals surface area (Å²) < 4.78 is 56.8. The molecule has 0 bridgehead atoms. The Morgan fingerprint density at radius 1 is 1.03 bits per heavy atom. The molecule has 2 atom stereocenters. The Labute approximate surface area is 207 Å². The first kappa shape index (κ1) is 25.0. The molecule has 14 heteroatoms. The standard InChI is InChI=1S/C22H25FN8O4S/c1-13(20-24-11-15(23)12-25-20)14(2)36(32,33)29-22-27-26-21(16-9-10-30(3)28-16)31(22)19-17(34-4)7-6-8-18(19)35-5/h6-14H,1-5H3,(H,27,29)/t13?,14-/m1/s1. The molecule has 3 heterocycles. The van der Waals surface area contributed by atoms with E-state index in [4.69, 9.17) is 9.47 Å². The number of para-hydroxylation sites is 1. The van der Waals surface area contributed by atoms with Gasteiger partial charge >= 0.3 is 0 Å². The molecule has 0 radical (unpaired) electrons. The zero-order valence-corrected chi connectivity index (χ0v) is 21.1. The maximum Gasteiger partial charge on any atom is 0.243 e. The van der Waals surface area contributed by atoms with Gasteiger partial charge in [0, 0.05) is 19.2 Å². The largest absolute Gasteiger partial charge is 0.494 e. The van der Waals surface area contributed by atoms with Crippen LogP contribution in [0, 0.1) is 5.82 Å². The zero-order chi connectivity index (χ0) is 26.0. The van der Waals surface area contributed by atoms with Crippen LogP contribution in [-0.2, 0) is 17.1 Å². The minimum Gasteiger partial charge on any atom is -0.494 e. The molecule has 0 aliphatic carbocycles. The van der Waals surface area contributed by atoms with E-state index < -0.39 is 27.0 Å². The molecule has 4 aromatic rings. The average Bonchev–Trinajstić information content (AvgIpc) is 3.48. The second-order valence-corrected chi connectivity index (χ2v) is 10.0. The molecule has 190 valence electrons. The molecule has 4 rings (SSSR count). The van der Waals surface area contributed by atoms with Crippen molar-refractivity contribution in [2.45, 2.75) is 25.0 Å². The van der Waals surface area contributed by atoms with Crippen molar-refractivity contribution < 1.29 is 22.3 Å². The lowest BCUT2D eigenvalue weighted by Crippen LogP contribution is -2.31. The van der Waals surface area contributed by atoms with Gasteiger partial charge in [0.2, 0.25) is 16.0 Å². The second kappa shape index (κ2) is 9.89. The van der Waals surface area contributed by atoms with Gasteiger partial charge in [-0.1, -0.05) is 13.0 Å². The number of hydrogen-bond donors (Lipinski definition) is 1. The number of anilines is 1. The van der Waals surface area contributed by atoms with Gasteiger partial charge in [0.25, 0.3) is 0 Å². The summed E-state index contributed by atoms with van der Waals surface area (Å²) in [4.78, 5) is 7.84. The molecular weight excluding hydrogens is 491 g/mol. The summed E-state index contributed by atoms with van der Waals surface area (Å²) in [5.41, 5.74) is 0.831. The van der Waals surface area contributed by atoms with E-state index >= 15 is 0 Å². The van der Waals surface area contributed by atoms with E-state index in [0.29, 0.717) is 22.9 Å². The Balaban J connectivity index is 1.81. The molecule has 0 saturated carbocycles. The SMILES string of the molecule is COc1cccc(OC)c1-n1c(NS(=O)(=O)[C@H](C)C(C)c2ncc(F)cn2)nnc1-c1ccn(C)n1. The number of benzene rings is 1. The average molecular weight is 517 g/mol. The molecule has 3 aromatic heterocycles. The summed E-state index contributed by atoms with van der Waals surface area (Å²) in [7, 11) is 0.661. The van der Waals surface area contributed by atoms with Gasteiger partial charge in [0.1, 0.15) is 28.7 Å². The lowest BCUT2D eigenvalue weighted by atomic mass is 10.1. The fourth-order valence-electron chi connectivity index (χ4n) is 3.57. The van der Waals surface area contributed by atoms with Crippen molar-refractivity contribution in [1.29, 1.82) is 0 Å². The Kier molecular flexibility index (Phi) is 6.88. The van der Waals surface area contributed by atoms with Crippen LogP contribution >= 0.6 is 0 Å². The van der Waals surface area contributed by atoms with Gasteiger partial charge in [-0.2, -0.15) is 5.10 Å². The lowest BCUT2D eigenvalue weighted by molar-refractivity contribution is 0.391. The van der Waals surface area contributed by atoms with Gasteiger partial charge in [-0.3, -0.25) is 14.0 Å². The van der Waals surface area contributed by atoms with Crippen molar-refractivity contribution >= 4 is 16.0 Å². The van der Waals surface area contributed by atoms with Crippen molar-refractivity contribution in [3.8, 4) is 28.7 Å². The van der Waals surface area contributed by atoms with Crippen molar-refractivity contribution in [2.24, 2.45) is 7.05 Å². The molecule has 0 spiro atoms. The third-order valence-electron chi connectivity index (χ3n) is 5.71. The maximum atomic E-state index is 13.4. The number of rotatable bonds is 9. The van der Waals surface area contributed by atoms with Crippen LogP contribution in [0.15, 0.2) is 42.9 Å². The Bertz CT molecular complexity index is 1450. The minimum absolute atomic E-state index is 0.0995. The Hall–Kier alpha value is -4.07. The Morgan fingerprint density at radius 3 is 2.22 bits per heavy atom. The van der Waals surface area contributed by atoms with Crippen LogP contribution in [0.5, 0.6) is 11.5 Å². The van der Waals surface area contributed by atoms with Crippen LogP contribution in [0.4, 0.5) is 10.3 Å². The molecule has 1 N–H and O–H groups in total. The number of ether oxygens (including phenoxy) is 2. The highest BCUT2D eigenvalue weighted by Crippen LogP contribution is 2.37. The monoisotopic (exact) mass is 516 g/mol. The van der Waals surface area contributed by atoms with Crippen molar-refractivity contribution in [1.82, 2.24) is 34.5 Å². The number of aromatic nitrogens is 7. The van der Waals surface area contributed by atoms with Crippen LogP contribution in [0.2, 0.25) is 0 Å². The number of halogens is 1. The highest BCUT2D eigenvalue weighted by Gasteiger charge is 2.32. The third-order valence-corrected chi connectivity index (χ3v) is 7.56. The minimum atomic E-state index is -4.06. The van der Waals surface area contributed by atoms with Crippen molar-refractivity contribution in [3.05, 3.63) is 54.5 Å². The smallest absolute Gasteiger partial charge is 0.243 e. The topological polar surface area (TPSA) is 139 Å². The van der Waals surface area contributed by atoms with E-state index in [1.807, 2.05) is 0 Å². The number of sulfonamides is 1. The highest BCUT2D eigenvalue weighted by atomic mass is 32.2. The zero-order valence-electron chi connectivity index (χ0n) is 20.2. The van der Waals surface area contributed by atoms with Crippen LogP contribution in [0.25, 0.3) is 17.2 Å². The summed E-state index contributed by atoms with van der Waals surface area (Å²) in [6.07, 6.45) is 3.72. The van der Waals surface area contributed by atoms with Gasteiger partial charge in [-0.05, 0) is 25.1 Å². The summed E-state index contributed by atoms with van der Waals surface area (Å²) in [5, 5.41) is 11.7. The van der Waals surface area contributed by atoms with Crippen LogP contribution in [-0.4, -0.2) is 62.4 Å². The van der Waals surface area contributed by atoms with Gasteiger partial charge in [-0.25, -0.2) is 22.8 Å². The number of nitrogens with zero attached hydrogens (tertiary/aromatic N) is 7. The molecule has 0 aliphatic heterocycles. The molecule has 0 aliphatic rings. The first-order valence-corrected chi connectivity index (χ1v) is 12.4. The van der Waals surface area contributed by atoms with Crippen molar-refractivity contribution in [3.63, 3.8) is 0 Å². The first-order chi connectivity index (χ1) is 17.2. The number of nitrogens with one attached hydrogen (secondary N) is 1. The summed E-state index contributed by atoms with van der Waals surface area (Å²) in [6.45, 7) is 3.15. The van der Waals surface area contributed by atoms with Gasteiger partial charge in [-0.15, -0.1) is 10.2 Å². The van der Waals surface area contributed by atoms with Crippen LogP contribution in [0.3, 0.4) is 0 Å². The quantitative estimate of drug-likeness (QED) is 0.355.